The molecule has 5 nitrogen and oxygen atoms in total. The Morgan fingerprint density at radius 1 is 0.548 bits per heavy atom. The summed E-state index contributed by atoms with van der Waals surface area (Å²) < 4.78 is 10.4. The maximum atomic E-state index is 11.9. The molecule has 31 heavy (non-hydrogen) atoms. The second-order valence-electron chi connectivity index (χ2n) is 8.65. The average Bonchev–Trinajstić information content (AvgIpc) is 2.77. The third-order valence-electron chi connectivity index (χ3n) is 5.69. The smallest absolute Gasteiger partial charge is 0.410 e. The first-order chi connectivity index (χ1) is 15.2. The lowest BCUT2D eigenvalue weighted by molar-refractivity contribution is -0.144. The van der Waals surface area contributed by atoms with Crippen LogP contribution in [0.1, 0.15) is 130 Å². The van der Waals surface area contributed by atoms with Crippen LogP contribution in [0.25, 0.3) is 0 Å². The van der Waals surface area contributed by atoms with Crippen molar-refractivity contribution in [3.05, 3.63) is 0 Å². The van der Waals surface area contributed by atoms with E-state index in [1.807, 2.05) is 13.8 Å². The largest absolute Gasteiger partial charge is 0.464 e. The number of carbonyl (C=O) groups excluding carboxylic acids is 2. The molecule has 0 aromatic rings. The van der Waals surface area contributed by atoms with Gasteiger partial charge in [-0.1, -0.05) is 110 Å². The summed E-state index contributed by atoms with van der Waals surface area (Å²) >= 11 is 0. The number of unbranched alkanes of at least 4 members (excludes halogenated alkanes) is 15. The Balaban J connectivity index is 3.44. The van der Waals surface area contributed by atoms with E-state index in [2.05, 4.69) is 6.92 Å². The zero-order chi connectivity index (χ0) is 23.0. The Hall–Kier alpha value is -1.26. The lowest BCUT2D eigenvalue weighted by Gasteiger charge is -2.19. The van der Waals surface area contributed by atoms with E-state index in [1.165, 1.54) is 88.4 Å². The van der Waals surface area contributed by atoms with Gasteiger partial charge in [0.15, 0.2) is 0 Å². The minimum absolute atomic E-state index is 0.0276. The first kappa shape index (κ1) is 29.7. The van der Waals surface area contributed by atoms with Crippen molar-refractivity contribution in [2.24, 2.45) is 0 Å². The molecule has 0 aromatic heterocycles. The molecule has 0 fully saturated rings. The Morgan fingerprint density at radius 2 is 0.968 bits per heavy atom. The van der Waals surface area contributed by atoms with Crippen molar-refractivity contribution in [2.45, 2.75) is 130 Å². The Morgan fingerprint density at radius 3 is 1.42 bits per heavy atom. The number of ether oxygens (including phenoxy) is 2. The monoisotopic (exact) mass is 441 g/mol. The molecule has 0 spiro atoms. The number of amides is 1. The van der Waals surface area contributed by atoms with Crippen LogP contribution in [0, 0.1) is 0 Å². The van der Waals surface area contributed by atoms with E-state index < -0.39 is 6.09 Å². The molecule has 5 heteroatoms. The third kappa shape index (κ3) is 20.4. The zero-order valence-corrected chi connectivity index (χ0v) is 20.9. The fourth-order valence-corrected chi connectivity index (χ4v) is 3.56. The van der Waals surface area contributed by atoms with Gasteiger partial charge in [-0.3, -0.25) is 9.69 Å². The number of likely N-dealkylation sites (N-methyl/N-ethyl adjacent to an activating group) is 1. The molecule has 0 aliphatic carbocycles. The Labute approximate surface area is 192 Å². The van der Waals surface area contributed by atoms with Crippen LogP contribution in [-0.2, 0) is 14.3 Å². The summed E-state index contributed by atoms with van der Waals surface area (Å²) in [7, 11) is 0. The second kappa shape index (κ2) is 23.4. The van der Waals surface area contributed by atoms with Gasteiger partial charge in [0.2, 0.25) is 0 Å². The summed E-state index contributed by atoms with van der Waals surface area (Å²) in [4.78, 5) is 25.2. The predicted octanol–water partition coefficient (Wildman–Crippen LogP) is 7.66. The molecule has 0 bridgehead atoms. The summed E-state index contributed by atoms with van der Waals surface area (Å²) in [6.07, 6.45) is 21.1. The highest BCUT2D eigenvalue weighted by molar-refractivity contribution is 5.78. The van der Waals surface area contributed by atoms with Gasteiger partial charge in [-0.2, -0.15) is 0 Å². The van der Waals surface area contributed by atoms with E-state index in [0.29, 0.717) is 19.8 Å². The van der Waals surface area contributed by atoms with Gasteiger partial charge in [-0.25, -0.2) is 4.79 Å². The molecule has 0 rings (SSSR count). The van der Waals surface area contributed by atoms with Gasteiger partial charge in [-0.15, -0.1) is 0 Å². The standard InChI is InChI=1S/C26H51NO4/c1-4-7-9-10-11-12-13-14-15-16-17-18-19-20-21-23-30-25(28)24-27(6-3)26(29)31-22-8-5-2/h4-24H2,1-3H3. The molecular weight excluding hydrogens is 390 g/mol. The van der Waals surface area contributed by atoms with E-state index in [0.717, 1.165) is 25.7 Å². The average molecular weight is 442 g/mol. The molecule has 0 radical (unpaired) electrons. The topological polar surface area (TPSA) is 55.8 Å². The summed E-state index contributed by atoms with van der Waals surface area (Å²) in [6.45, 7) is 7.41. The molecular formula is C26H51NO4. The minimum atomic E-state index is -0.431. The number of hydrogen-bond donors (Lipinski definition) is 0. The first-order valence-corrected chi connectivity index (χ1v) is 13.2. The fourth-order valence-electron chi connectivity index (χ4n) is 3.56. The van der Waals surface area contributed by atoms with Crippen molar-refractivity contribution < 1.29 is 19.1 Å². The van der Waals surface area contributed by atoms with Crippen LogP contribution in [0.3, 0.4) is 0 Å². The molecule has 0 saturated heterocycles. The van der Waals surface area contributed by atoms with E-state index in [-0.39, 0.29) is 12.5 Å². The van der Waals surface area contributed by atoms with Crippen LogP contribution >= 0.6 is 0 Å². The highest BCUT2D eigenvalue weighted by Gasteiger charge is 2.17. The number of nitrogens with zero attached hydrogens (tertiary/aromatic N) is 1. The molecule has 0 atom stereocenters. The van der Waals surface area contributed by atoms with Gasteiger partial charge in [0, 0.05) is 6.54 Å². The summed E-state index contributed by atoms with van der Waals surface area (Å²) in [6, 6.07) is 0. The van der Waals surface area contributed by atoms with Gasteiger partial charge in [0.05, 0.1) is 13.2 Å². The summed E-state index contributed by atoms with van der Waals surface area (Å²) in [5.41, 5.74) is 0. The highest BCUT2D eigenvalue weighted by atomic mass is 16.6. The second-order valence-corrected chi connectivity index (χ2v) is 8.65. The SMILES string of the molecule is CCCCCCCCCCCCCCCCCOC(=O)CN(CC)C(=O)OCCCC. The maximum Gasteiger partial charge on any atom is 0.410 e. The molecule has 0 aromatic carbocycles. The number of esters is 1. The molecule has 0 aliphatic heterocycles. The molecule has 0 N–H and O–H groups in total. The minimum Gasteiger partial charge on any atom is -0.464 e. The molecule has 0 saturated carbocycles. The highest BCUT2D eigenvalue weighted by Crippen LogP contribution is 2.13. The van der Waals surface area contributed by atoms with E-state index in [4.69, 9.17) is 9.47 Å². The number of carbonyl (C=O) groups is 2. The zero-order valence-electron chi connectivity index (χ0n) is 20.9. The van der Waals surface area contributed by atoms with Gasteiger partial charge in [0.1, 0.15) is 6.54 Å². The third-order valence-corrected chi connectivity index (χ3v) is 5.69. The number of rotatable bonds is 22. The van der Waals surface area contributed by atoms with E-state index in [1.54, 1.807) is 0 Å². The van der Waals surface area contributed by atoms with Crippen molar-refractivity contribution in [3.63, 3.8) is 0 Å². The van der Waals surface area contributed by atoms with Crippen LogP contribution in [0.2, 0.25) is 0 Å². The van der Waals surface area contributed by atoms with Gasteiger partial charge in [0.25, 0.3) is 0 Å². The van der Waals surface area contributed by atoms with Crippen LogP contribution in [-0.4, -0.2) is 43.3 Å². The lowest BCUT2D eigenvalue weighted by Crippen LogP contribution is -2.37. The summed E-state index contributed by atoms with van der Waals surface area (Å²) in [5.74, 6) is -0.348. The molecule has 0 aliphatic rings. The normalized spacial score (nSPS) is 10.8. The van der Waals surface area contributed by atoms with Crippen LogP contribution < -0.4 is 0 Å². The van der Waals surface area contributed by atoms with Crippen molar-refractivity contribution in [3.8, 4) is 0 Å². The van der Waals surface area contributed by atoms with Crippen LogP contribution in [0.15, 0.2) is 0 Å². The molecule has 0 unspecified atom stereocenters. The Kier molecular flexibility index (Phi) is 22.5. The molecule has 184 valence electrons. The van der Waals surface area contributed by atoms with E-state index in [9.17, 15) is 9.59 Å². The van der Waals surface area contributed by atoms with Gasteiger partial charge >= 0.3 is 12.1 Å². The van der Waals surface area contributed by atoms with Crippen molar-refractivity contribution in [1.29, 1.82) is 0 Å². The van der Waals surface area contributed by atoms with Crippen LogP contribution in [0.4, 0.5) is 4.79 Å². The maximum absolute atomic E-state index is 11.9. The quantitative estimate of drug-likeness (QED) is 0.128. The van der Waals surface area contributed by atoms with Crippen LogP contribution in [0.5, 0.6) is 0 Å². The van der Waals surface area contributed by atoms with Crippen molar-refractivity contribution >= 4 is 12.1 Å². The summed E-state index contributed by atoms with van der Waals surface area (Å²) in [5, 5.41) is 0. The molecule has 1 amide bonds. The number of hydrogen-bond acceptors (Lipinski definition) is 4. The predicted molar refractivity (Wildman–Crippen MR) is 129 cm³/mol. The van der Waals surface area contributed by atoms with Gasteiger partial charge < -0.3 is 9.47 Å². The fraction of sp³-hybridized carbons (Fsp3) is 0.923. The first-order valence-electron chi connectivity index (χ1n) is 13.2. The van der Waals surface area contributed by atoms with Crippen molar-refractivity contribution in [2.75, 3.05) is 26.3 Å². The lowest BCUT2D eigenvalue weighted by atomic mass is 10.0. The van der Waals surface area contributed by atoms with Crippen molar-refractivity contribution in [1.82, 2.24) is 4.90 Å². The van der Waals surface area contributed by atoms with E-state index >= 15 is 0 Å². The Bertz CT molecular complexity index is 414. The molecule has 0 heterocycles. The van der Waals surface area contributed by atoms with Gasteiger partial charge in [-0.05, 0) is 19.8 Å².